The van der Waals surface area contributed by atoms with Crippen LogP contribution in [0.1, 0.15) is 80.1 Å². The molecule has 2 aliphatic carbocycles. The van der Waals surface area contributed by atoms with E-state index in [1.54, 1.807) is 60.8 Å². The molecule has 14 heteroatoms. The first-order chi connectivity index (χ1) is 29.8. The molecular formula is C47H52N4O10. The molecule has 0 radical (unpaired) electrons. The van der Waals surface area contributed by atoms with Crippen molar-refractivity contribution in [3.63, 3.8) is 0 Å². The molecule has 61 heavy (non-hydrogen) atoms. The van der Waals surface area contributed by atoms with Crippen LogP contribution in [0.2, 0.25) is 0 Å². The highest BCUT2D eigenvalue weighted by Gasteiger charge is 2.25. The highest BCUT2D eigenvalue weighted by atomic mass is 16.5. The van der Waals surface area contributed by atoms with Crippen LogP contribution in [0.15, 0.2) is 143 Å². The molecule has 14 nitrogen and oxygen atoms in total. The third-order valence-corrected chi connectivity index (χ3v) is 9.56. The number of nitrogens with zero attached hydrogens (tertiary/aromatic N) is 3. The number of rotatable bonds is 25. The van der Waals surface area contributed by atoms with Gasteiger partial charge in [-0.2, -0.15) is 15.3 Å². The zero-order chi connectivity index (χ0) is 43.1. The summed E-state index contributed by atoms with van der Waals surface area (Å²) in [6, 6.07) is 11.3. The minimum absolute atomic E-state index is 0.0625. The number of carbonyl (C=O) groups excluding carboxylic acids is 4. The van der Waals surface area contributed by atoms with Crippen LogP contribution < -0.4 is 19.6 Å². The van der Waals surface area contributed by atoms with E-state index >= 15 is 0 Å². The van der Waals surface area contributed by atoms with E-state index in [1.807, 2.05) is 24.3 Å². The Morgan fingerprint density at radius 1 is 0.738 bits per heavy atom. The summed E-state index contributed by atoms with van der Waals surface area (Å²) in [7, 11) is 0. The third-order valence-electron chi connectivity index (χ3n) is 9.56. The summed E-state index contributed by atoms with van der Waals surface area (Å²) in [5, 5.41) is 12.8. The summed E-state index contributed by atoms with van der Waals surface area (Å²) in [5.41, 5.74) is 5.20. The summed E-state index contributed by atoms with van der Waals surface area (Å²) in [4.78, 5) is 48.8. The maximum absolute atomic E-state index is 13.3. The Morgan fingerprint density at radius 3 is 2.08 bits per heavy atom. The van der Waals surface area contributed by atoms with Crippen LogP contribution >= 0.6 is 0 Å². The Bertz CT molecular complexity index is 2080. The Balaban J connectivity index is 1.15. The van der Waals surface area contributed by atoms with Gasteiger partial charge in [0.25, 0.3) is 0 Å². The van der Waals surface area contributed by atoms with Gasteiger partial charge >= 0.3 is 23.9 Å². The fourth-order valence-electron chi connectivity index (χ4n) is 6.21. The molecule has 1 heterocycles. The SMILES string of the molecule is C=CC(=O)OCCCCCCOC1=CC=C(C(=O)Oc2ccc(OC(=O)c3ccc(OCCCCCCOC(=O)C=C)cc3)c(/C=N/NC3N=NC=C4C=CC=CC43)c2)CC1. The maximum Gasteiger partial charge on any atom is 0.343 e. The normalized spacial score (nSPS) is 16.3. The topological polar surface area (TPSA) is 173 Å². The summed E-state index contributed by atoms with van der Waals surface area (Å²) in [6.07, 6.45) is 24.3. The number of allylic oxidation sites excluding steroid dienone is 6. The van der Waals surface area contributed by atoms with Gasteiger partial charge in [-0.3, -0.25) is 5.43 Å². The van der Waals surface area contributed by atoms with Crippen molar-refractivity contribution in [2.45, 2.75) is 70.4 Å². The number of ether oxygens (including phenoxy) is 6. The molecule has 0 amide bonds. The third kappa shape index (κ3) is 15.4. The number of fused-ring (bicyclic) bond motifs is 1. The molecule has 2 unspecified atom stereocenters. The fraction of sp³-hybridized carbons (Fsp3) is 0.340. The van der Waals surface area contributed by atoms with Crippen molar-refractivity contribution in [2.75, 3.05) is 26.4 Å². The van der Waals surface area contributed by atoms with Crippen LogP contribution in [0.3, 0.4) is 0 Å². The van der Waals surface area contributed by atoms with Crippen LogP contribution in [0.4, 0.5) is 0 Å². The van der Waals surface area contributed by atoms with Crippen LogP contribution in [-0.4, -0.2) is 62.7 Å². The molecule has 1 N–H and O–H groups in total. The molecule has 0 fully saturated rings. The molecule has 0 saturated carbocycles. The van der Waals surface area contributed by atoms with Gasteiger partial charge in [0.15, 0.2) is 6.17 Å². The molecule has 2 aromatic rings. The van der Waals surface area contributed by atoms with E-state index in [9.17, 15) is 19.2 Å². The number of unbranched alkanes of at least 4 members (excludes halogenated alkanes) is 6. The quantitative estimate of drug-likeness (QED) is 0.0253. The first kappa shape index (κ1) is 45.3. The predicted octanol–water partition coefficient (Wildman–Crippen LogP) is 8.73. The second-order valence-corrected chi connectivity index (χ2v) is 14.1. The van der Waals surface area contributed by atoms with Crippen molar-refractivity contribution in [3.8, 4) is 17.2 Å². The Morgan fingerprint density at radius 2 is 1.41 bits per heavy atom. The summed E-state index contributed by atoms with van der Waals surface area (Å²) in [6.45, 7) is 8.57. The molecule has 2 aromatic carbocycles. The predicted molar refractivity (Wildman–Crippen MR) is 229 cm³/mol. The van der Waals surface area contributed by atoms with Crippen LogP contribution in [0.25, 0.3) is 0 Å². The van der Waals surface area contributed by atoms with Gasteiger partial charge < -0.3 is 28.4 Å². The Hall–Kier alpha value is -6.83. The molecule has 2 atom stereocenters. The van der Waals surface area contributed by atoms with Gasteiger partial charge in [0.05, 0.1) is 50.2 Å². The molecule has 0 aromatic heterocycles. The van der Waals surface area contributed by atoms with E-state index in [2.05, 4.69) is 33.9 Å². The van der Waals surface area contributed by atoms with Crippen molar-refractivity contribution < 1.29 is 47.6 Å². The fourth-order valence-corrected chi connectivity index (χ4v) is 6.21. The lowest BCUT2D eigenvalue weighted by Crippen LogP contribution is -2.32. The molecular weight excluding hydrogens is 781 g/mol. The average Bonchev–Trinajstić information content (AvgIpc) is 3.29. The van der Waals surface area contributed by atoms with E-state index in [4.69, 9.17) is 28.4 Å². The molecule has 1 aliphatic heterocycles. The minimum Gasteiger partial charge on any atom is -0.498 e. The lowest BCUT2D eigenvalue weighted by molar-refractivity contribution is -0.138. The van der Waals surface area contributed by atoms with Crippen molar-refractivity contribution in [1.29, 1.82) is 0 Å². The number of nitrogens with one attached hydrogen (secondary N) is 1. The minimum atomic E-state index is -0.602. The van der Waals surface area contributed by atoms with E-state index in [1.165, 1.54) is 6.21 Å². The number of hydrogen-bond donors (Lipinski definition) is 1. The van der Waals surface area contributed by atoms with Gasteiger partial charge in [-0.15, -0.1) is 0 Å². The number of hydrazone groups is 1. The first-order valence-corrected chi connectivity index (χ1v) is 20.5. The largest absolute Gasteiger partial charge is 0.498 e. The lowest BCUT2D eigenvalue weighted by atomic mass is 9.92. The molecule has 0 bridgehead atoms. The second-order valence-electron chi connectivity index (χ2n) is 14.1. The number of carbonyl (C=O) groups is 4. The zero-order valence-electron chi connectivity index (χ0n) is 34.2. The standard InChI is InChI=1S/C47H52N4O10/c1-3-43(52)58-29-13-7-5-11-27-56-38-21-17-34(18-22-38)46(54)60-40-25-26-42(37(31-40)33-49-51-45-41-16-10-9-15-36(41)32-48-50-45)61-47(55)35-19-23-39(24-20-35)57-28-12-6-8-14-30-59-44(53)4-2/h3-4,9-10,15-17,19-21,23-26,31-33,41,45,51H,1-2,5-8,11-14,18,22,27-30H2/b49-33+. The van der Waals surface area contributed by atoms with Crippen LogP contribution in [0.5, 0.6) is 17.2 Å². The first-order valence-electron chi connectivity index (χ1n) is 20.5. The van der Waals surface area contributed by atoms with Crippen molar-refractivity contribution in [1.82, 2.24) is 5.43 Å². The van der Waals surface area contributed by atoms with Gasteiger partial charge in [-0.1, -0.05) is 37.5 Å². The van der Waals surface area contributed by atoms with E-state index in [0.717, 1.165) is 74.9 Å². The van der Waals surface area contributed by atoms with Crippen LogP contribution in [0, 0.1) is 5.92 Å². The van der Waals surface area contributed by atoms with E-state index in [0.29, 0.717) is 61.7 Å². The van der Waals surface area contributed by atoms with Gasteiger partial charge in [-0.25, -0.2) is 19.2 Å². The van der Waals surface area contributed by atoms with Crippen molar-refractivity contribution in [3.05, 3.63) is 138 Å². The maximum atomic E-state index is 13.3. The summed E-state index contributed by atoms with van der Waals surface area (Å²) in [5.74, 6) is -0.161. The number of hydrogen-bond acceptors (Lipinski definition) is 14. The Kier molecular flexibility index (Phi) is 18.5. The molecule has 0 saturated heterocycles. The summed E-state index contributed by atoms with van der Waals surface area (Å²) < 4.78 is 33.3. The highest BCUT2D eigenvalue weighted by Crippen LogP contribution is 2.29. The monoisotopic (exact) mass is 832 g/mol. The average molecular weight is 833 g/mol. The van der Waals surface area contributed by atoms with Gasteiger partial charge in [0, 0.05) is 35.6 Å². The van der Waals surface area contributed by atoms with E-state index < -0.39 is 30.0 Å². The summed E-state index contributed by atoms with van der Waals surface area (Å²) >= 11 is 0. The second kappa shape index (κ2) is 24.9. The van der Waals surface area contributed by atoms with Crippen molar-refractivity contribution >= 4 is 30.1 Å². The highest BCUT2D eigenvalue weighted by molar-refractivity contribution is 5.94. The molecule has 0 spiro atoms. The lowest BCUT2D eigenvalue weighted by Gasteiger charge is -2.24. The molecule has 320 valence electrons. The van der Waals surface area contributed by atoms with Crippen LogP contribution in [-0.2, 0) is 28.6 Å². The molecule has 5 rings (SSSR count). The zero-order valence-corrected chi connectivity index (χ0v) is 34.2. The molecule has 3 aliphatic rings. The van der Waals surface area contributed by atoms with Crippen molar-refractivity contribution in [2.24, 2.45) is 21.2 Å². The number of azo groups is 1. The number of esters is 4. The smallest absolute Gasteiger partial charge is 0.343 e. The number of benzene rings is 2. The van der Waals surface area contributed by atoms with E-state index in [-0.39, 0.29) is 17.4 Å². The van der Waals surface area contributed by atoms with Gasteiger partial charge in [0.1, 0.15) is 17.2 Å². The van der Waals surface area contributed by atoms with Gasteiger partial charge in [0.2, 0.25) is 0 Å². The Labute approximate surface area is 356 Å². The van der Waals surface area contributed by atoms with Gasteiger partial charge in [-0.05, 0) is 118 Å².